The van der Waals surface area contributed by atoms with E-state index in [4.69, 9.17) is 14.0 Å². The number of rotatable bonds is 6. The van der Waals surface area contributed by atoms with Crippen LogP contribution in [0.15, 0.2) is 17.2 Å². The van der Waals surface area contributed by atoms with Crippen LogP contribution in [0.5, 0.6) is 0 Å². The van der Waals surface area contributed by atoms with E-state index in [9.17, 15) is 0 Å². The van der Waals surface area contributed by atoms with E-state index in [0.29, 0.717) is 12.7 Å². The predicted molar refractivity (Wildman–Crippen MR) is 88.3 cm³/mol. The molecule has 128 valence electrons. The molecule has 5 heteroatoms. The summed E-state index contributed by atoms with van der Waals surface area (Å²) in [5.74, 6) is 0.932. The Bertz CT molecular complexity index is 523. The van der Waals surface area contributed by atoms with Gasteiger partial charge >= 0.3 is 0 Å². The van der Waals surface area contributed by atoms with E-state index < -0.39 is 0 Å². The molecule has 2 fully saturated rings. The zero-order valence-corrected chi connectivity index (χ0v) is 14.3. The molecular weight excluding hydrogens is 292 g/mol. The van der Waals surface area contributed by atoms with Crippen molar-refractivity contribution in [2.45, 2.75) is 45.8 Å². The fourth-order valence-electron chi connectivity index (χ4n) is 4.02. The highest BCUT2D eigenvalue weighted by molar-refractivity contribution is 5.20. The minimum atomic E-state index is 0.110. The van der Waals surface area contributed by atoms with Crippen molar-refractivity contribution in [3.8, 4) is 0 Å². The molecule has 0 aliphatic carbocycles. The lowest BCUT2D eigenvalue weighted by Crippen LogP contribution is -2.56. The average molecular weight is 320 g/mol. The van der Waals surface area contributed by atoms with Gasteiger partial charge in [-0.3, -0.25) is 4.90 Å². The van der Waals surface area contributed by atoms with Crippen molar-refractivity contribution in [2.75, 3.05) is 32.9 Å². The fraction of sp³-hybridized carbons (Fsp3) is 0.722. The Balaban J connectivity index is 1.71. The highest BCUT2D eigenvalue weighted by Crippen LogP contribution is 2.41. The number of fused-ring (bicyclic) bond motifs is 1. The maximum absolute atomic E-state index is 6.08. The summed E-state index contributed by atoms with van der Waals surface area (Å²) < 4.78 is 17.3. The van der Waals surface area contributed by atoms with Gasteiger partial charge in [0.2, 0.25) is 0 Å². The van der Waals surface area contributed by atoms with Crippen molar-refractivity contribution in [1.29, 1.82) is 0 Å². The van der Waals surface area contributed by atoms with Crippen molar-refractivity contribution >= 4 is 0 Å². The van der Waals surface area contributed by atoms with Crippen LogP contribution in [0.2, 0.25) is 0 Å². The Morgan fingerprint density at radius 2 is 2.35 bits per heavy atom. The van der Waals surface area contributed by atoms with E-state index in [1.807, 2.05) is 19.9 Å². The quantitative estimate of drug-likeness (QED) is 0.596. The second-order valence-corrected chi connectivity index (χ2v) is 6.93. The van der Waals surface area contributed by atoms with Gasteiger partial charge in [0, 0.05) is 37.2 Å². The number of aryl methyl sites for hydroxylation is 2. The van der Waals surface area contributed by atoms with E-state index in [0.717, 1.165) is 57.1 Å². The standard InChI is InChI=1S/C18H28N2O3/c1-4-9-21-13-18-7-5-10-22-17(18)6-8-20(12-18)11-16-14(2)19-23-15(16)3/h4,17H,1,5-13H2,2-3H3/t17-,18+/m0/s1. The van der Waals surface area contributed by atoms with Crippen LogP contribution in [0, 0.1) is 19.3 Å². The zero-order valence-electron chi connectivity index (χ0n) is 14.3. The summed E-state index contributed by atoms with van der Waals surface area (Å²) in [5.41, 5.74) is 2.34. The summed E-state index contributed by atoms with van der Waals surface area (Å²) in [4.78, 5) is 2.51. The molecule has 2 aliphatic rings. The van der Waals surface area contributed by atoms with Crippen molar-refractivity contribution < 1.29 is 14.0 Å². The molecule has 0 aromatic carbocycles. The summed E-state index contributed by atoms with van der Waals surface area (Å²) in [6.45, 7) is 13.0. The molecule has 1 aromatic heterocycles. The summed E-state index contributed by atoms with van der Waals surface area (Å²) in [5, 5.41) is 4.08. The second-order valence-electron chi connectivity index (χ2n) is 6.93. The molecule has 0 bridgehead atoms. The summed E-state index contributed by atoms with van der Waals surface area (Å²) in [6.07, 6.45) is 5.50. The molecular formula is C18H28N2O3. The molecule has 23 heavy (non-hydrogen) atoms. The maximum Gasteiger partial charge on any atom is 0.138 e. The first kappa shape index (κ1) is 16.7. The van der Waals surface area contributed by atoms with Crippen LogP contribution in [0.3, 0.4) is 0 Å². The van der Waals surface area contributed by atoms with Crippen molar-refractivity contribution in [1.82, 2.24) is 10.1 Å². The number of hydrogen-bond donors (Lipinski definition) is 0. The molecule has 2 atom stereocenters. The van der Waals surface area contributed by atoms with E-state index in [1.165, 1.54) is 12.0 Å². The van der Waals surface area contributed by atoms with Crippen LogP contribution >= 0.6 is 0 Å². The summed E-state index contributed by atoms with van der Waals surface area (Å²) in [6, 6.07) is 0. The van der Waals surface area contributed by atoms with Crippen LogP contribution in [-0.2, 0) is 16.0 Å². The first-order valence-electron chi connectivity index (χ1n) is 8.59. The van der Waals surface area contributed by atoms with Crippen LogP contribution in [0.25, 0.3) is 0 Å². The molecule has 3 rings (SSSR count). The SMILES string of the molecule is C=CCOC[C@]12CCCO[C@H]1CCN(Cc1c(C)noc1C)C2. The molecule has 0 saturated carbocycles. The van der Waals surface area contributed by atoms with Crippen LogP contribution in [-0.4, -0.2) is 49.1 Å². The normalized spacial score (nSPS) is 28.5. The molecule has 0 unspecified atom stereocenters. The summed E-state index contributed by atoms with van der Waals surface area (Å²) in [7, 11) is 0. The number of likely N-dealkylation sites (tertiary alicyclic amines) is 1. The molecule has 5 nitrogen and oxygen atoms in total. The van der Waals surface area contributed by atoms with Crippen molar-refractivity contribution in [3.05, 3.63) is 29.7 Å². The zero-order chi connectivity index (χ0) is 16.3. The largest absolute Gasteiger partial charge is 0.377 e. The lowest BCUT2D eigenvalue weighted by atomic mass is 9.73. The Hall–Kier alpha value is -1.17. The van der Waals surface area contributed by atoms with Gasteiger partial charge < -0.3 is 14.0 Å². The Morgan fingerprint density at radius 1 is 1.48 bits per heavy atom. The van der Waals surface area contributed by atoms with Gasteiger partial charge in [0.1, 0.15) is 5.76 Å². The van der Waals surface area contributed by atoms with Crippen LogP contribution < -0.4 is 0 Å². The van der Waals surface area contributed by atoms with Gasteiger partial charge in [0.05, 0.1) is 25.0 Å². The predicted octanol–water partition coefficient (Wildman–Crippen LogP) is 2.87. The van der Waals surface area contributed by atoms with Gasteiger partial charge in [-0.1, -0.05) is 11.2 Å². The lowest BCUT2D eigenvalue weighted by Gasteiger charge is -2.50. The van der Waals surface area contributed by atoms with E-state index >= 15 is 0 Å². The molecule has 2 saturated heterocycles. The van der Waals surface area contributed by atoms with Gasteiger partial charge in [-0.15, -0.1) is 6.58 Å². The number of hydrogen-bond acceptors (Lipinski definition) is 5. The van der Waals surface area contributed by atoms with Crippen LogP contribution in [0.4, 0.5) is 0 Å². The van der Waals surface area contributed by atoms with Gasteiger partial charge in [-0.2, -0.15) is 0 Å². The second kappa shape index (κ2) is 7.16. The lowest BCUT2D eigenvalue weighted by molar-refractivity contribution is -0.152. The smallest absolute Gasteiger partial charge is 0.138 e. The number of piperidine rings is 1. The van der Waals surface area contributed by atoms with E-state index in [2.05, 4.69) is 16.6 Å². The van der Waals surface area contributed by atoms with E-state index in [1.54, 1.807) is 0 Å². The molecule has 2 aliphatic heterocycles. The Labute approximate surface area is 138 Å². The van der Waals surface area contributed by atoms with Gasteiger partial charge in [-0.05, 0) is 33.1 Å². The molecule has 0 N–H and O–H groups in total. The number of ether oxygens (including phenoxy) is 2. The number of nitrogens with zero attached hydrogens (tertiary/aromatic N) is 2. The third-order valence-electron chi connectivity index (χ3n) is 5.26. The topological polar surface area (TPSA) is 47.7 Å². The highest BCUT2D eigenvalue weighted by Gasteiger charge is 2.46. The molecule has 0 radical (unpaired) electrons. The van der Waals surface area contributed by atoms with Gasteiger partial charge in [0.25, 0.3) is 0 Å². The molecule has 1 aromatic rings. The molecule has 0 spiro atoms. The minimum absolute atomic E-state index is 0.110. The Morgan fingerprint density at radius 3 is 3.09 bits per heavy atom. The van der Waals surface area contributed by atoms with Crippen LogP contribution in [0.1, 0.15) is 36.3 Å². The monoisotopic (exact) mass is 320 g/mol. The number of aromatic nitrogens is 1. The van der Waals surface area contributed by atoms with E-state index in [-0.39, 0.29) is 5.41 Å². The Kier molecular flexibility index (Phi) is 5.19. The molecule has 3 heterocycles. The van der Waals surface area contributed by atoms with Gasteiger partial charge in [0.15, 0.2) is 0 Å². The molecule has 0 amide bonds. The maximum atomic E-state index is 6.08. The van der Waals surface area contributed by atoms with Crippen molar-refractivity contribution in [2.24, 2.45) is 5.41 Å². The highest BCUT2D eigenvalue weighted by atomic mass is 16.5. The average Bonchev–Trinajstić information content (AvgIpc) is 2.87. The van der Waals surface area contributed by atoms with Crippen molar-refractivity contribution in [3.63, 3.8) is 0 Å². The first-order chi connectivity index (χ1) is 11.1. The van der Waals surface area contributed by atoms with Gasteiger partial charge in [-0.25, -0.2) is 0 Å². The fourth-order valence-corrected chi connectivity index (χ4v) is 4.02. The summed E-state index contributed by atoms with van der Waals surface area (Å²) >= 11 is 0. The minimum Gasteiger partial charge on any atom is -0.377 e. The third kappa shape index (κ3) is 3.52. The third-order valence-corrected chi connectivity index (χ3v) is 5.26. The first-order valence-corrected chi connectivity index (χ1v) is 8.59.